The first kappa shape index (κ1) is 19.1. The second-order valence-corrected chi connectivity index (χ2v) is 6.71. The number of carbonyl (C=O) groups excluding carboxylic acids is 4. The van der Waals surface area contributed by atoms with Crippen LogP contribution in [0.25, 0.3) is 0 Å². The van der Waals surface area contributed by atoms with Crippen molar-refractivity contribution < 1.29 is 19.2 Å². The SMILES string of the molecule is CC(=O)N(C(=O)Nc1ccc2c(c1)C(=O)N(C(C)C)C2=O)c1ccc(N)cc1. The quantitative estimate of drug-likeness (QED) is 0.628. The molecule has 144 valence electrons. The van der Waals surface area contributed by atoms with Crippen LogP contribution >= 0.6 is 0 Å². The van der Waals surface area contributed by atoms with Crippen molar-refractivity contribution in [3.63, 3.8) is 0 Å². The summed E-state index contributed by atoms with van der Waals surface area (Å²) in [4.78, 5) is 51.6. The molecule has 0 aliphatic carbocycles. The van der Waals surface area contributed by atoms with Gasteiger partial charge in [0.2, 0.25) is 5.91 Å². The van der Waals surface area contributed by atoms with E-state index in [-0.39, 0.29) is 17.5 Å². The molecule has 0 bridgehead atoms. The van der Waals surface area contributed by atoms with E-state index < -0.39 is 17.8 Å². The molecular formula is C20H20N4O4. The third kappa shape index (κ3) is 3.32. The van der Waals surface area contributed by atoms with E-state index in [0.29, 0.717) is 22.6 Å². The molecule has 2 aromatic rings. The average Bonchev–Trinajstić information content (AvgIpc) is 2.87. The Labute approximate surface area is 161 Å². The number of anilines is 3. The van der Waals surface area contributed by atoms with Crippen molar-refractivity contribution in [1.82, 2.24) is 4.90 Å². The molecular weight excluding hydrogens is 360 g/mol. The zero-order valence-electron chi connectivity index (χ0n) is 15.7. The predicted molar refractivity (Wildman–Crippen MR) is 105 cm³/mol. The predicted octanol–water partition coefficient (Wildman–Crippen LogP) is 2.86. The van der Waals surface area contributed by atoms with E-state index in [1.165, 1.54) is 30.0 Å². The van der Waals surface area contributed by atoms with Crippen LogP contribution in [0.4, 0.5) is 21.9 Å². The number of nitrogens with one attached hydrogen (secondary N) is 1. The maximum Gasteiger partial charge on any atom is 0.333 e. The molecule has 0 saturated carbocycles. The van der Waals surface area contributed by atoms with Gasteiger partial charge in [0.1, 0.15) is 0 Å². The normalized spacial score (nSPS) is 12.9. The molecule has 0 aromatic heterocycles. The molecule has 28 heavy (non-hydrogen) atoms. The van der Waals surface area contributed by atoms with Gasteiger partial charge in [0, 0.05) is 24.3 Å². The van der Waals surface area contributed by atoms with Gasteiger partial charge in [-0.25, -0.2) is 9.69 Å². The highest BCUT2D eigenvalue weighted by Crippen LogP contribution is 2.28. The van der Waals surface area contributed by atoms with Crippen LogP contribution in [0, 0.1) is 0 Å². The smallest absolute Gasteiger partial charge is 0.333 e. The summed E-state index contributed by atoms with van der Waals surface area (Å²) in [6.45, 7) is 4.77. The van der Waals surface area contributed by atoms with Gasteiger partial charge in [-0.15, -0.1) is 0 Å². The lowest BCUT2D eigenvalue weighted by molar-refractivity contribution is -0.115. The van der Waals surface area contributed by atoms with Crippen LogP contribution in [0.2, 0.25) is 0 Å². The summed E-state index contributed by atoms with van der Waals surface area (Å²) in [6, 6.07) is 9.78. The van der Waals surface area contributed by atoms with E-state index in [4.69, 9.17) is 5.73 Å². The van der Waals surface area contributed by atoms with Crippen LogP contribution in [0.3, 0.4) is 0 Å². The molecule has 1 heterocycles. The van der Waals surface area contributed by atoms with Gasteiger partial charge in [-0.05, 0) is 56.3 Å². The zero-order chi connectivity index (χ0) is 20.6. The number of amides is 5. The van der Waals surface area contributed by atoms with E-state index >= 15 is 0 Å². The molecule has 3 N–H and O–H groups in total. The Morgan fingerprint density at radius 2 is 1.61 bits per heavy atom. The number of carbonyl (C=O) groups is 4. The van der Waals surface area contributed by atoms with Crippen LogP contribution in [0.1, 0.15) is 41.5 Å². The number of nitrogen functional groups attached to an aromatic ring is 1. The summed E-state index contributed by atoms with van der Waals surface area (Å²) >= 11 is 0. The minimum Gasteiger partial charge on any atom is -0.399 e. The molecule has 2 aromatic carbocycles. The van der Waals surface area contributed by atoms with Gasteiger partial charge in [0.25, 0.3) is 11.8 Å². The van der Waals surface area contributed by atoms with E-state index in [1.54, 1.807) is 38.1 Å². The summed E-state index contributed by atoms with van der Waals surface area (Å²) in [7, 11) is 0. The van der Waals surface area contributed by atoms with Crippen LogP contribution in [0.15, 0.2) is 42.5 Å². The highest BCUT2D eigenvalue weighted by atomic mass is 16.2. The van der Waals surface area contributed by atoms with Crippen LogP contribution in [-0.2, 0) is 4.79 Å². The van der Waals surface area contributed by atoms with E-state index in [0.717, 1.165) is 4.90 Å². The molecule has 1 aliphatic rings. The standard InChI is InChI=1S/C20H20N4O4/c1-11(2)23-18(26)16-9-6-14(10-17(16)19(23)27)22-20(28)24(12(3)25)15-7-4-13(21)5-8-15/h4-11H,21H2,1-3H3,(H,22,28). The molecule has 8 nitrogen and oxygen atoms in total. The third-order valence-electron chi connectivity index (χ3n) is 4.35. The molecule has 0 atom stereocenters. The Bertz CT molecular complexity index is 982. The van der Waals surface area contributed by atoms with Gasteiger partial charge >= 0.3 is 6.03 Å². The topological polar surface area (TPSA) is 113 Å². The van der Waals surface area contributed by atoms with Crippen LogP contribution in [0.5, 0.6) is 0 Å². The fraction of sp³-hybridized carbons (Fsp3) is 0.200. The molecule has 1 aliphatic heterocycles. The van der Waals surface area contributed by atoms with Crippen molar-refractivity contribution in [1.29, 1.82) is 0 Å². The van der Waals surface area contributed by atoms with Gasteiger partial charge in [0.15, 0.2) is 0 Å². The number of hydrogen-bond acceptors (Lipinski definition) is 5. The Morgan fingerprint density at radius 1 is 1.00 bits per heavy atom. The summed E-state index contributed by atoms with van der Waals surface area (Å²) in [5.74, 6) is -1.26. The Kier molecular flexibility index (Phi) is 4.87. The fourth-order valence-electron chi connectivity index (χ4n) is 3.05. The molecule has 0 spiro atoms. The van der Waals surface area contributed by atoms with Crippen molar-refractivity contribution in [3.8, 4) is 0 Å². The minimum atomic E-state index is -0.685. The molecule has 5 amide bonds. The number of urea groups is 1. The maximum absolute atomic E-state index is 12.7. The molecule has 0 radical (unpaired) electrons. The van der Waals surface area contributed by atoms with Gasteiger partial charge in [-0.2, -0.15) is 0 Å². The number of benzene rings is 2. The second-order valence-electron chi connectivity index (χ2n) is 6.71. The first-order valence-electron chi connectivity index (χ1n) is 8.70. The summed E-state index contributed by atoms with van der Waals surface area (Å²) in [6.07, 6.45) is 0. The van der Waals surface area contributed by atoms with E-state index in [1.807, 2.05) is 0 Å². The van der Waals surface area contributed by atoms with E-state index in [2.05, 4.69) is 5.32 Å². The third-order valence-corrected chi connectivity index (χ3v) is 4.35. The lowest BCUT2D eigenvalue weighted by atomic mass is 10.1. The number of rotatable bonds is 3. The van der Waals surface area contributed by atoms with Crippen molar-refractivity contribution >= 4 is 40.8 Å². The summed E-state index contributed by atoms with van der Waals surface area (Å²) in [5.41, 5.74) is 7.32. The molecule has 0 fully saturated rings. The van der Waals surface area contributed by atoms with Gasteiger partial charge in [0.05, 0.1) is 16.8 Å². The maximum atomic E-state index is 12.7. The monoisotopic (exact) mass is 380 g/mol. The average molecular weight is 380 g/mol. The van der Waals surface area contributed by atoms with Gasteiger partial charge in [-0.3, -0.25) is 19.3 Å². The zero-order valence-corrected chi connectivity index (χ0v) is 15.7. The van der Waals surface area contributed by atoms with Gasteiger partial charge in [-0.1, -0.05) is 0 Å². The molecule has 0 unspecified atom stereocenters. The number of nitrogens with two attached hydrogens (primary N) is 1. The highest BCUT2D eigenvalue weighted by Gasteiger charge is 2.37. The Balaban J connectivity index is 1.87. The van der Waals surface area contributed by atoms with Crippen molar-refractivity contribution in [2.75, 3.05) is 16.0 Å². The Morgan fingerprint density at radius 3 is 2.18 bits per heavy atom. The van der Waals surface area contributed by atoms with Crippen molar-refractivity contribution in [2.45, 2.75) is 26.8 Å². The molecule has 8 heteroatoms. The van der Waals surface area contributed by atoms with E-state index in [9.17, 15) is 19.2 Å². The number of nitrogens with zero attached hydrogens (tertiary/aromatic N) is 2. The van der Waals surface area contributed by atoms with Crippen LogP contribution < -0.4 is 16.0 Å². The second kappa shape index (κ2) is 7.15. The molecule has 3 rings (SSSR count). The summed E-state index contributed by atoms with van der Waals surface area (Å²) < 4.78 is 0. The first-order chi connectivity index (χ1) is 13.2. The minimum absolute atomic E-state index is 0.221. The Hall–Kier alpha value is -3.68. The van der Waals surface area contributed by atoms with Gasteiger partial charge < -0.3 is 11.1 Å². The first-order valence-corrected chi connectivity index (χ1v) is 8.70. The summed E-state index contributed by atoms with van der Waals surface area (Å²) in [5, 5.41) is 2.60. The van der Waals surface area contributed by atoms with Crippen molar-refractivity contribution in [2.24, 2.45) is 0 Å². The molecule has 0 saturated heterocycles. The fourth-order valence-corrected chi connectivity index (χ4v) is 3.05. The number of imide groups is 2. The lowest BCUT2D eigenvalue weighted by Crippen LogP contribution is -2.38. The van der Waals surface area contributed by atoms with Crippen LogP contribution in [-0.4, -0.2) is 34.7 Å². The van der Waals surface area contributed by atoms with Crippen molar-refractivity contribution in [3.05, 3.63) is 53.6 Å². The number of hydrogen-bond donors (Lipinski definition) is 2. The lowest BCUT2D eigenvalue weighted by Gasteiger charge is -2.20. The largest absolute Gasteiger partial charge is 0.399 e. The number of fused-ring (bicyclic) bond motifs is 1. The highest BCUT2D eigenvalue weighted by molar-refractivity contribution is 6.22.